The molecule has 0 saturated carbocycles. The molecule has 1 fully saturated rings. The smallest absolute Gasteiger partial charge is 0.227 e. The van der Waals surface area contributed by atoms with Gasteiger partial charge in [0, 0.05) is 12.6 Å². The summed E-state index contributed by atoms with van der Waals surface area (Å²) >= 11 is 0. The number of benzene rings is 2. The van der Waals surface area contributed by atoms with E-state index in [1.807, 2.05) is 30.3 Å². The van der Waals surface area contributed by atoms with Crippen LogP contribution in [0.25, 0.3) is 0 Å². The van der Waals surface area contributed by atoms with Crippen LogP contribution in [0.15, 0.2) is 54.6 Å². The lowest BCUT2D eigenvalue weighted by Gasteiger charge is -2.40. The summed E-state index contributed by atoms with van der Waals surface area (Å²) in [6, 6.07) is 18.8. The number of rotatable bonds is 8. The largest absolute Gasteiger partial charge is 0.497 e. The minimum absolute atomic E-state index is 0.0676. The van der Waals surface area contributed by atoms with Crippen LogP contribution in [0.5, 0.6) is 5.75 Å². The average molecular weight is 395 g/mol. The van der Waals surface area contributed by atoms with E-state index in [1.165, 1.54) is 12.0 Å². The minimum atomic E-state index is -0.0676. The number of hydrogen-bond acceptors (Lipinski definition) is 3. The fraction of sp³-hybridized carbons (Fsp3) is 0.480. The van der Waals surface area contributed by atoms with Gasteiger partial charge in [0.1, 0.15) is 5.75 Å². The lowest BCUT2D eigenvalue weighted by Crippen LogP contribution is -2.42. The summed E-state index contributed by atoms with van der Waals surface area (Å²) in [5, 5.41) is 3.29. The lowest BCUT2D eigenvalue weighted by molar-refractivity contribution is -0.123. The van der Waals surface area contributed by atoms with E-state index in [2.05, 4.69) is 48.5 Å². The van der Waals surface area contributed by atoms with Crippen molar-refractivity contribution in [3.8, 4) is 5.75 Å². The zero-order chi connectivity index (χ0) is 20.6. The van der Waals surface area contributed by atoms with E-state index < -0.39 is 0 Å². The number of carbonyl (C=O) groups excluding carboxylic acids is 1. The number of hydrogen-bond donors (Lipinski definition) is 1. The van der Waals surface area contributed by atoms with E-state index in [-0.39, 0.29) is 11.8 Å². The summed E-state index contributed by atoms with van der Waals surface area (Å²) in [5.41, 5.74) is 2.40. The molecule has 1 aliphatic rings. The maximum atomic E-state index is 13.0. The third kappa shape index (κ3) is 5.39. The maximum Gasteiger partial charge on any atom is 0.227 e. The quantitative estimate of drug-likeness (QED) is 0.701. The molecule has 2 aromatic carbocycles. The SMILES string of the molecule is CCCC(C(=O)NCC1CCCN(C)C1c1ccc(OC)cc1)c1ccccc1. The second-order valence-corrected chi connectivity index (χ2v) is 8.10. The van der Waals surface area contributed by atoms with Gasteiger partial charge in [0.25, 0.3) is 0 Å². The fourth-order valence-corrected chi connectivity index (χ4v) is 4.58. The highest BCUT2D eigenvalue weighted by molar-refractivity contribution is 5.83. The molecular formula is C25H34N2O2. The highest BCUT2D eigenvalue weighted by atomic mass is 16.5. The van der Waals surface area contributed by atoms with Crippen molar-refractivity contribution in [2.75, 3.05) is 27.2 Å². The van der Waals surface area contributed by atoms with Gasteiger partial charge in [-0.15, -0.1) is 0 Å². The van der Waals surface area contributed by atoms with Crippen molar-refractivity contribution in [3.63, 3.8) is 0 Å². The number of methoxy groups -OCH3 is 1. The van der Waals surface area contributed by atoms with E-state index in [0.29, 0.717) is 18.5 Å². The van der Waals surface area contributed by atoms with Crippen molar-refractivity contribution in [2.24, 2.45) is 5.92 Å². The van der Waals surface area contributed by atoms with Crippen molar-refractivity contribution >= 4 is 5.91 Å². The van der Waals surface area contributed by atoms with Gasteiger partial charge in [-0.1, -0.05) is 55.8 Å². The molecule has 1 aliphatic heterocycles. The van der Waals surface area contributed by atoms with Crippen LogP contribution in [0.4, 0.5) is 0 Å². The van der Waals surface area contributed by atoms with Crippen LogP contribution in [0.3, 0.4) is 0 Å². The first-order valence-electron chi connectivity index (χ1n) is 10.8. The number of nitrogens with zero attached hydrogens (tertiary/aromatic N) is 1. The zero-order valence-corrected chi connectivity index (χ0v) is 17.9. The highest BCUT2D eigenvalue weighted by Crippen LogP contribution is 2.35. The summed E-state index contributed by atoms with van der Waals surface area (Å²) in [6.07, 6.45) is 4.17. The molecular weight excluding hydrogens is 360 g/mol. The third-order valence-corrected chi connectivity index (χ3v) is 6.10. The van der Waals surface area contributed by atoms with Crippen LogP contribution in [0.1, 0.15) is 55.7 Å². The first kappa shape index (κ1) is 21.4. The predicted molar refractivity (Wildman–Crippen MR) is 118 cm³/mol. The number of ether oxygens (including phenoxy) is 1. The molecule has 29 heavy (non-hydrogen) atoms. The molecule has 1 amide bonds. The summed E-state index contributed by atoms with van der Waals surface area (Å²) in [4.78, 5) is 15.5. The van der Waals surface area contributed by atoms with Crippen molar-refractivity contribution in [2.45, 2.75) is 44.6 Å². The van der Waals surface area contributed by atoms with E-state index in [4.69, 9.17) is 4.74 Å². The second-order valence-electron chi connectivity index (χ2n) is 8.10. The lowest BCUT2D eigenvalue weighted by atomic mass is 9.84. The molecule has 0 radical (unpaired) electrons. The van der Waals surface area contributed by atoms with Gasteiger partial charge < -0.3 is 10.1 Å². The van der Waals surface area contributed by atoms with Crippen LogP contribution in [0, 0.1) is 5.92 Å². The molecule has 3 unspecified atom stereocenters. The van der Waals surface area contributed by atoms with Gasteiger partial charge in [-0.3, -0.25) is 9.69 Å². The Balaban J connectivity index is 1.70. The first-order chi connectivity index (χ1) is 14.1. The number of likely N-dealkylation sites (tertiary alicyclic amines) is 1. The van der Waals surface area contributed by atoms with Gasteiger partial charge in [-0.05, 0) is 62.0 Å². The Morgan fingerprint density at radius 1 is 1.17 bits per heavy atom. The van der Waals surface area contributed by atoms with E-state index in [0.717, 1.165) is 37.1 Å². The third-order valence-electron chi connectivity index (χ3n) is 6.10. The van der Waals surface area contributed by atoms with Crippen LogP contribution in [-0.4, -0.2) is 38.1 Å². The zero-order valence-electron chi connectivity index (χ0n) is 17.9. The Labute approximate surface area is 175 Å². The standard InChI is InChI=1S/C25H34N2O2/c1-4-9-23(19-10-6-5-7-11-19)25(28)26-18-21-12-8-17-27(2)24(21)20-13-15-22(29-3)16-14-20/h5-7,10-11,13-16,21,23-24H,4,8-9,12,17-18H2,1-3H3,(H,26,28). The van der Waals surface area contributed by atoms with Gasteiger partial charge in [0.05, 0.1) is 13.0 Å². The number of nitrogens with one attached hydrogen (secondary N) is 1. The van der Waals surface area contributed by atoms with Crippen molar-refractivity contribution in [3.05, 3.63) is 65.7 Å². The number of piperidine rings is 1. The molecule has 4 nitrogen and oxygen atoms in total. The monoisotopic (exact) mass is 394 g/mol. The van der Waals surface area contributed by atoms with Gasteiger partial charge >= 0.3 is 0 Å². The molecule has 1 heterocycles. The molecule has 156 valence electrons. The van der Waals surface area contributed by atoms with Crippen LogP contribution < -0.4 is 10.1 Å². The Morgan fingerprint density at radius 3 is 2.55 bits per heavy atom. The molecule has 1 N–H and O–H groups in total. The van der Waals surface area contributed by atoms with Crippen LogP contribution in [-0.2, 0) is 4.79 Å². The summed E-state index contributed by atoms with van der Waals surface area (Å²) in [5.74, 6) is 1.37. The van der Waals surface area contributed by atoms with Gasteiger partial charge in [0.2, 0.25) is 5.91 Å². The Bertz CT molecular complexity index is 760. The molecule has 0 aromatic heterocycles. The molecule has 0 bridgehead atoms. The van der Waals surface area contributed by atoms with Crippen LogP contribution >= 0.6 is 0 Å². The maximum absolute atomic E-state index is 13.0. The molecule has 4 heteroatoms. The Morgan fingerprint density at radius 2 is 1.90 bits per heavy atom. The van der Waals surface area contributed by atoms with Crippen molar-refractivity contribution < 1.29 is 9.53 Å². The summed E-state index contributed by atoms with van der Waals surface area (Å²) in [6.45, 7) is 3.94. The van der Waals surface area contributed by atoms with Gasteiger partial charge in [0.15, 0.2) is 0 Å². The summed E-state index contributed by atoms with van der Waals surface area (Å²) < 4.78 is 5.31. The molecule has 3 rings (SSSR count). The van der Waals surface area contributed by atoms with Gasteiger partial charge in [-0.2, -0.15) is 0 Å². The fourth-order valence-electron chi connectivity index (χ4n) is 4.58. The number of carbonyl (C=O) groups is 1. The topological polar surface area (TPSA) is 41.6 Å². The Hall–Kier alpha value is -2.33. The van der Waals surface area contributed by atoms with Crippen molar-refractivity contribution in [1.82, 2.24) is 10.2 Å². The average Bonchev–Trinajstić information content (AvgIpc) is 2.76. The van der Waals surface area contributed by atoms with Gasteiger partial charge in [-0.25, -0.2) is 0 Å². The normalized spacial score (nSPS) is 20.8. The highest BCUT2D eigenvalue weighted by Gasteiger charge is 2.31. The molecule has 3 atom stereocenters. The molecule has 0 spiro atoms. The minimum Gasteiger partial charge on any atom is -0.497 e. The summed E-state index contributed by atoms with van der Waals surface area (Å²) in [7, 11) is 3.88. The Kier molecular flexibility index (Phi) is 7.70. The van der Waals surface area contributed by atoms with E-state index in [9.17, 15) is 4.79 Å². The molecule has 1 saturated heterocycles. The van der Waals surface area contributed by atoms with E-state index in [1.54, 1.807) is 7.11 Å². The van der Waals surface area contributed by atoms with E-state index >= 15 is 0 Å². The van der Waals surface area contributed by atoms with Crippen LogP contribution in [0.2, 0.25) is 0 Å². The number of amides is 1. The second kappa shape index (κ2) is 10.4. The predicted octanol–water partition coefficient (Wildman–Crippen LogP) is 4.78. The first-order valence-corrected chi connectivity index (χ1v) is 10.8. The van der Waals surface area contributed by atoms with Crippen molar-refractivity contribution in [1.29, 1.82) is 0 Å². The molecule has 2 aromatic rings. The molecule has 0 aliphatic carbocycles.